The number of rotatable bonds is 4. The van der Waals surface area contributed by atoms with Crippen LogP contribution in [0.5, 0.6) is 11.5 Å². The summed E-state index contributed by atoms with van der Waals surface area (Å²) in [6.07, 6.45) is 0. The van der Waals surface area contributed by atoms with Crippen LogP contribution < -0.4 is 15.2 Å². The minimum Gasteiger partial charge on any atom is -0.497 e. The lowest BCUT2D eigenvalue weighted by Crippen LogP contribution is -2.16. The molecule has 0 spiro atoms. The summed E-state index contributed by atoms with van der Waals surface area (Å²) in [6, 6.07) is 5.84. The summed E-state index contributed by atoms with van der Waals surface area (Å²) in [5.41, 5.74) is 6.17. The molecule has 0 aliphatic heterocycles. The van der Waals surface area contributed by atoms with Crippen molar-refractivity contribution in [2.24, 2.45) is 5.73 Å². The van der Waals surface area contributed by atoms with Crippen molar-refractivity contribution in [1.82, 2.24) is 0 Å². The van der Waals surface area contributed by atoms with Gasteiger partial charge in [0.2, 0.25) is 0 Å². The molecule has 6 heteroatoms. The highest BCUT2D eigenvalue weighted by Gasteiger charge is 2.22. The standard InChI is InChI=1S/C15H14ClF2NO2/c1-20-9-6-11(17)14(12(18)7-9)15(19)10-4-3-8(16)5-13(10)21-2/h3-7,15H,19H2,1-2H3. The third-order valence-electron chi connectivity index (χ3n) is 3.13. The highest BCUT2D eigenvalue weighted by Crippen LogP contribution is 2.34. The first-order valence-electron chi connectivity index (χ1n) is 6.10. The molecule has 0 aliphatic rings. The Morgan fingerprint density at radius 3 is 2.19 bits per heavy atom. The molecule has 1 atom stereocenters. The van der Waals surface area contributed by atoms with Crippen LogP contribution in [-0.2, 0) is 0 Å². The summed E-state index contributed by atoms with van der Waals surface area (Å²) in [5.74, 6) is -1.11. The quantitative estimate of drug-likeness (QED) is 0.936. The molecule has 0 saturated heterocycles. The highest BCUT2D eigenvalue weighted by atomic mass is 35.5. The molecule has 2 aromatic rings. The highest BCUT2D eigenvalue weighted by molar-refractivity contribution is 6.30. The van der Waals surface area contributed by atoms with Gasteiger partial charge in [0.25, 0.3) is 0 Å². The molecule has 2 N–H and O–H groups in total. The Morgan fingerprint density at radius 2 is 1.67 bits per heavy atom. The van der Waals surface area contributed by atoms with E-state index in [4.69, 9.17) is 26.8 Å². The van der Waals surface area contributed by atoms with E-state index in [1.54, 1.807) is 12.1 Å². The van der Waals surface area contributed by atoms with E-state index in [2.05, 4.69) is 0 Å². The lowest BCUT2D eigenvalue weighted by atomic mass is 9.97. The van der Waals surface area contributed by atoms with Crippen molar-refractivity contribution in [3.63, 3.8) is 0 Å². The van der Waals surface area contributed by atoms with Gasteiger partial charge in [0.05, 0.1) is 20.3 Å². The molecule has 0 heterocycles. The van der Waals surface area contributed by atoms with Crippen molar-refractivity contribution in [3.05, 3.63) is 58.1 Å². The van der Waals surface area contributed by atoms with Crippen LogP contribution in [0.2, 0.25) is 5.02 Å². The molecule has 2 aromatic carbocycles. The van der Waals surface area contributed by atoms with Gasteiger partial charge in [-0.15, -0.1) is 0 Å². The molecule has 0 saturated carbocycles. The fourth-order valence-corrected chi connectivity index (χ4v) is 2.24. The summed E-state index contributed by atoms with van der Waals surface area (Å²) in [4.78, 5) is 0. The number of benzene rings is 2. The maximum atomic E-state index is 14.1. The zero-order valence-electron chi connectivity index (χ0n) is 11.5. The Balaban J connectivity index is 2.52. The number of hydrogen-bond donors (Lipinski definition) is 1. The van der Waals surface area contributed by atoms with E-state index in [-0.39, 0.29) is 11.3 Å². The largest absolute Gasteiger partial charge is 0.497 e. The minimum absolute atomic E-state index is 0.0871. The molecule has 0 amide bonds. The second-order valence-corrected chi connectivity index (χ2v) is 4.81. The van der Waals surface area contributed by atoms with E-state index in [9.17, 15) is 8.78 Å². The average molecular weight is 314 g/mol. The smallest absolute Gasteiger partial charge is 0.134 e. The summed E-state index contributed by atoms with van der Waals surface area (Å²) in [7, 11) is 2.76. The zero-order chi connectivity index (χ0) is 15.6. The first-order chi connectivity index (χ1) is 9.97. The number of methoxy groups -OCH3 is 2. The van der Waals surface area contributed by atoms with Crippen LogP contribution in [0.25, 0.3) is 0 Å². The van der Waals surface area contributed by atoms with Crippen molar-refractivity contribution in [2.75, 3.05) is 14.2 Å². The molecule has 21 heavy (non-hydrogen) atoms. The Labute approximate surface area is 126 Å². The van der Waals surface area contributed by atoms with Gasteiger partial charge in [-0.2, -0.15) is 0 Å². The van der Waals surface area contributed by atoms with Crippen LogP contribution in [0, 0.1) is 11.6 Å². The first kappa shape index (κ1) is 15.5. The van der Waals surface area contributed by atoms with Crippen molar-refractivity contribution < 1.29 is 18.3 Å². The fourth-order valence-electron chi connectivity index (χ4n) is 2.07. The van der Waals surface area contributed by atoms with Gasteiger partial charge >= 0.3 is 0 Å². The van der Waals surface area contributed by atoms with E-state index in [0.29, 0.717) is 16.3 Å². The number of ether oxygens (including phenoxy) is 2. The van der Waals surface area contributed by atoms with E-state index >= 15 is 0 Å². The van der Waals surface area contributed by atoms with Crippen molar-refractivity contribution in [2.45, 2.75) is 6.04 Å². The molecule has 0 aromatic heterocycles. The van der Waals surface area contributed by atoms with Crippen molar-refractivity contribution >= 4 is 11.6 Å². The minimum atomic E-state index is -1.02. The molecular formula is C15H14ClF2NO2. The van der Waals surface area contributed by atoms with E-state index in [1.165, 1.54) is 20.3 Å². The molecule has 2 rings (SSSR count). The second kappa shape index (κ2) is 6.28. The fraction of sp³-hybridized carbons (Fsp3) is 0.200. The van der Waals surface area contributed by atoms with Crippen LogP contribution in [0.4, 0.5) is 8.78 Å². The predicted octanol–water partition coefficient (Wildman–Crippen LogP) is 3.68. The van der Waals surface area contributed by atoms with E-state index in [1.807, 2.05) is 0 Å². The molecular weight excluding hydrogens is 300 g/mol. The SMILES string of the molecule is COc1cc(F)c(C(N)c2ccc(Cl)cc2OC)c(F)c1. The number of hydrogen-bond acceptors (Lipinski definition) is 3. The van der Waals surface area contributed by atoms with Crippen LogP contribution >= 0.6 is 11.6 Å². The molecule has 1 unspecified atom stereocenters. The molecule has 3 nitrogen and oxygen atoms in total. The molecule has 0 fully saturated rings. The summed E-state index contributed by atoms with van der Waals surface area (Å²) in [5, 5.41) is 0.443. The third-order valence-corrected chi connectivity index (χ3v) is 3.36. The molecule has 0 bridgehead atoms. The Hall–Kier alpha value is -1.85. The van der Waals surface area contributed by atoms with Gasteiger partial charge in [-0.05, 0) is 12.1 Å². The zero-order valence-corrected chi connectivity index (χ0v) is 12.2. The first-order valence-corrected chi connectivity index (χ1v) is 6.47. The van der Waals surface area contributed by atoms with Gasteiger partial charge in [-0.1, -0.05) is 17.7 Å². The van der Waals surface area contributed by atoms with Crippen LogP contribution in [0.3, 0.4) is 0 Å². The van der Waals surface area contributed by atoms with Crippen LogP contribution in [-0.4, -0.2) is 14.2 Å². The molecule has 112 valence electrons. The van der Waals surface area contributed by atoms with Gasteiger partial charge in [-0.25, -0.2) is 8.78 Å². The lowest BCUT2D eigenvalue weighted by molar-refractivity contribution is 0.401. The normalized spacial score (nSPS) is 12.1. The van der Waals surface area contributed by atoms with Gasteiger partial charge in [0.15, 0.2) is 0 Å². The van der Waals surface area contributed by atoms with Crippen molar-refractivity contribution in [1.29, 1.82) is 0 Å². The van der Waals surface area contributed by atoms with E-state index in [0.717, 1.165) is 12.1 Å². The second-order valence-electron chi connectivity index (χ2n) is 4.37. The van der Waals surface area contributed by atoms with Crippen LogP contribution in [0.15, 0.2) is 30.3 Å². The van der Waals surface area contributed by atoms with Gasteiger partial charge in [0, 0.05) is 28.3 Å². The van der Waals surface area contributed by atoms with Crippen molar-refractivity contribution in [3.8, 4) is 11.5 Å². The molecule has 0 radical (unpaired) electrons. The molecule has 0 aliphatic carbocycles. The monoisotopic (exact) mass is 313 g/mol. The number of halogens is 3. The predicted molar refractivity (Wildman–Crippen MR) is 76.9 cm³/mol. The lowest BCUT2D eigenvalue weighted by Gasteiger charge is -2.18. The van der Waals surface area contributed by atoms with Gasteiger partial charge in [-0.3, -0.25) is 0 Å². The maximum Gasteiger partial charge on any atom is 0.134 e. The maximum absolute atomic E-state index is 14.1. The topological polar surface area (TPSA) is 44.5 Å². The van der Waals surface area contributed by atoms with E-state index < -0.39 is 17.7 Å². The summed E-state index contributed by atoms with van der Waals surface area (Å²) >= 11 is 5.86. The summed E-state index contributed by atoms with van der Waals surface area (Å²) in [6.45, 7) is 0. The Kier molecular flexibility index (Phi) is 4.65. The van der Waals surface area contributed by atoms with Crippen LogP contribution in [0.1, 0.15) is 17.2 Å². The van der Waals surface area contributed by atoms with Gasteiger partial charge < -0.3 is 15.2 Å². The Bertz CT molecular complexity index is 641. The Morgan fingerprint density at radius 1 is 1.05 bits per heavy atom. The average Bonchev–Trinajstić information content (AvgIpc) is 2.45. The summed E-state index contributed by atoms with van der Waals surface area (Å²) < 4.78 is 38.1. The number of nitrogens with two attached hydrogens (primary N) is 1. The van der Waals surface area contributed by atoms with Gasteiger partial charge in [0.1, 0.15) is 23.1 Å². The third kappa shape index (κ3) is 3.09.